The first-order valence-corrected chi connectivity index (χ1v) is 6.02. The van der Waals surface area contributed by atoms with Gasteiger partial charge in [-0.05, 0) is 12.8 Å². The fourth-order valence-corrected chi connectivity index (χ4v) is 1.64. The van der Waals surface area contributed by atoms with Gasteiger partial charge in [0.1, 0.15) is 0 Å². The third-order valence-electron chi connectivity index (χ3n) is 2.60. The molecule has 0 spiro atoms. The van der Waals surface area contributed by atoms with Crippen molar-refractivity contribution in [1.29, 1.82) is 0 Å². The Balaban J connectivity index is 2.63. The molecule has 0 radical (unpaired) electrons. The van der Waals surface area contributed by atoms with Crippen LogP contribution in [0.25, 0.3) is 0 Å². The van der Waals surface area contributed by atoms with E-state index < -0.39 is 24.0 Å². The fourth-order valence-electron chi connectivity index (χ4n) is 1.64. The van der Waals surface area contributed by atoms with E-state index in [-0.39, 0.29) is 6.42 Å². The molecule has 102 valence electrons. The Kier molecular flexibility index (Phi) is 5.30. The van der Waals surface area contributed by atoms with Crippen LogP contribution >= 0.6 is 0 Å². The van der Waals surface area contributed by atoms with Gasteiger partial charge >= 0.3 is 17.9 Å². The van der Waals surface area contributed by atoms with Crippen LogP contribution in [0.2, 0.25) is 0 Å². The Morgan fingerprint density at radius 3 is 2.50 bits per heavy atom. The van der Waals surface area contributed by atoms with E-state index in [0.717, 1.165) is 31.4 Å². The maximum absolute atomic E-state index is 11.2. The van der Waals surface area contributed by atoms with E-state index in [1.54, 1.807) is 0 Å². The van der Waals surface area contributed by atoms with Crippen LogP contribution < -0.4 is 0 Å². The molecule has 1 atom stereocenters. The van der Waals surface area contributed by atoms with Crippen LogP contribution in [0.1, 0.15) is 39.0 Å². The van der Waals surface area contributed by atoms with Gasteiger partial charge in [0.25, 0.3) is 0 Å². The molecule has 18 heavy (non-hydrogen) atoms. The zero-order valence-electron chi connectivity index (χ0n) is 10.3. The summed E-state index contributed by atoms with van der Waals surface area (Å²) in [5.74, 6) is -4.56. The predicted molar refractivity (Wildman–Crippen MR) is 61.0 cm³/mol. The fraction of sp³-hybridized carbons (Fsp3) is 0.667. The first-order chi connectivity index (χ1) is 8.45. The molecule has 0 aliphatic carbocycles. The highest BCUT2D eigenvalue weighted by atomic mass is 16.8. The summed E-state index contributed by atoms with van der Waals surface area (Å²) in [6, 6.07) is 0. The second-order valence-electron chi connectivity index (χ2n) is 4.19. The minimum absolute atomic E-state index is 0.222. The van der Waals surface area contributed by atoms with Crippen molar-refractivity contribution < 1.29 is 29.3 Å². The molecular formula is C12H18O6. The summed E-state index contributed by atoms with van der Waals surface area (Å²) in [4.78, 5) is 22.3. The summed E-state index contributed by atoms with van der Waals surface area (Å²) in [6.07, 6.45) is 4.21. The van der Waals surface area contributed by atoms with E-state index in [4.69, 9.17) is 4.74 Å². The monoisotopic (exact) mass is 258 g/mol. The summed E-state index contributed by atoms with van der Waals surface area (Å²) < 4.78 is 9.24. The third kappa shape index (κ3) is 4.46. The quantitative estimate of drug-likeness (QED) is 0.426. The van der Waals surface area contributed by atoms with E-state index in [0.29, 0.717) is 6.42 Å². The molecule has 1 rings (SSSR count). The lowest BCUT2D eigenvalue weighted by atomic mass is 10.1. The zero-order valence-corrected chi connectivity index (χ0v) is 10.3. The molecule has 6 nitrogen and oxygen atoms in total. The van der Waals surface area contributed by atoms with E-state index in [2.05, 4.69) is 4.74 Å². The smallest absolute Gasteiger partial charge is 0.363 e. The molecule has 0 bridgehead atoms. The minimum atomic E-state index is -2.77. The van der Waals surface area contributed by atoms with Gasteiger partial charge in [0.2, 0.25) is 0 Å². The van der Waals surface area contributed by atoms with E-state index >= 15 is 0 Å². The number of aliphatic hydroxyl groups is 2. The van der Waals surface area contributed by atoms with Crippen LogP contribution in [0.15, 0.2) is 12.2 Å². The molecule has 0 saturated heterocycles. The number of cyclic esters (lactones) is 2. The van der Waals surface area contributed by atoms with Gasteiger partial charge in [-0.3, -0.25) is 0 Å². The van der Waals surface area contributed by atoms with Gasteiger partial charge in [-0.25, -0.2) is 9.59 Å². The van der Waals surface area contributed by atoms with Crippen LogP contribution in [0.3, 0.4) is 0 Å². The molecular weight excluding hydrogens is 240 g/mol. The van der Waals surface area contributed by atoms with E-state index in [1.165, 1.54) is 0 Å². The lowest BCUT2D eigenvalue weighted by Gasteiger charge is -2.30. The first kappa shape index (κ1) is 14.7. The number of ether oxygens (including phenoxy) is 2. The predicted octanol–water partition coefficient (Wildman–Crippen LogP) is 0.620. The highest BCUT2D eigenvalue weighted by Crippen LogP contribution is 2.21. The van der Waals surface area contributed by atoms with Gasteiger partial charge in [0.15, 0.2) is 6.10 Å². The minimum Gasteiger partial charge on any atom is -0.449 e. The molecule has 1 aliphatic heterocycles. The second-order valence-corrected chi connectivity index (χ2v) is 4.19. The summed E-state index contributed by atoms with van der Waals surface area (Å²) in [5, 5.41) is 19.2. The molecule has 1 heterocycles. The number of carbonyl (C=O) groups is 2. The van der Waals surface area contributed by atoms with Gasteiger partial charge in [0, 0.05) is 12.2 Å². The maximum atomic E-state index is 11.2. The van der Waals surface area contributed by atoms with Gasteiger partial charge in [-0.1, -0.05) is 26.2 Å². The molecule has 0 aromatic rings. The lowest BCUT2D eigenvalue weighted by molar-refractivity contribution is -0.358. The van der Waals surface area contributed by atoms with Crippen molar-refractivity contribution in [3.63, 3.8) is 0 Å². The highest BCUT2D eigenvalue weighted by Gasteiger charge is 2.42. The summed E-state index contributed by atoms with van der Waals surface area (Å²) in [5.41, 5.74) is 0. The highest BCUT2D eigenvalue weighted by molar-refractivity contribution is 5.92. The largest absolute Gasteiger partial charge is 0.449 e. The molecule has 6 heteroatoms. The Hall–Kier alpha value is -1.40. The Morgan fingerprint density at radius 2 is 1.83 bits per heavy atom. The van der Waals surface area contributed by atoms with Gasteiger partial charge in [-0.15, -0.1) is 0 Å². The molecule has 0 fully saturated rings. The standard InChI is InChI=1S/C12H18O6/c1-2-3-4-5-6-9-12(15,16)18-11(14)8-7-10(13)17-9/h7-9,15-16H,2-6H2,1H3/b8-7+. The SMILES string of the molecule is CCCCCCC1OC(=O)/C=C/C(=O)OC1(O)O. The van der Waals surface area contributed by atoms with Crippen molar-refractivity contribution in [3.05, 3.63) is 12.2 Å². The van der Waals surface area contributed by atoms with Gasteiger partial charge in [-0.2, -0.15) is 0 Å². The molecule has 1 unspecified atom stereocenters. The Morgan fingerprint density at radius 1 is 1.17 bits per heavy atom. The van der Waals surface area contributed by atoms with Crippen molar-refractivity contribution in [2.45, 2.75) is 51.1 Å². The zero-order chi connectivity index (χ0) is 13.6. The van der Waals surface area contributed by atoms with Crippen LogP contribution in [-0.4, -0.2) is 34.2 Å². The van der Waals surface area contributed by atoms with Crippen LogP contribution in [-0.2, 0) is 19.1 Å². The number of hydrogen-bond donors (Lipinski definition) is 2. The van der Waals surface area contributed by atoms with Gasteiger partial charge in [0.05, 0.1) is 0 Å². The second kappa shape index (κ2) is 6.51. The normalized spacial score (nSPS) is 24.7. The summed E-state index contributed by atoms with van der Waals surface area (Å²) in [6.45, 7) is 2.05. The van der Waals surface area contributed by atoms with E-state index in [9.17, 15) is 19.8 Å². The first-order valence-electron chi connectivity index (χ1n) is 6.02. The van der Waals surface area contributed by atoms with Crippen LogP contribution in [0.4, 0.5) is 0 Å². The summed E-state index contributed by atoms with van der Waals surface area (Å²) in [7, 11) is 0. The lowest BCUT2D eigenvalue weighted by Crippen LogP contribution is -2.49. The van der Waals surface area contributed by atoms with Crippen molar-refractivity contribution in [2.75, 3.05) is 0 Å². The summed E-state index contributed by atoms with van der Waals surface area (Å²) >= 11 is 0. The van der Waals surface area contributed by atoms with Crippen LogP contribution in [0.5, 0.6) is 0 Å². The number of unbranched alkanes of at least 4 members (excludes halogenated alkanes) is 3. The van der Waals surface area contributed by atoms with Crippen molar-refractivity contribution in [3.8, 4) is 0 Å². The van der Waals surface area contributed by atoms with E-state index in [1.807, 2.05) is 6.92 Å². The van der Waals surface area contributed by atoms with Crippen LogP contribution in [0, 0.1) is 0 Å². The third-order valence-corrected chi connectivity index (χ3v) is 2.60. The molecule has 0 amide bonds. The molecule has 0 saturated carbocycles. The average Bonchev–Trinajstić information content (AvgIpc) is 2.28. The molecule has 2 N–H and O–H groups in total. The number of carbonyl (C=O) groups excluding carboxylic acids is 2. The maximum Gasteiger partial charge on any atom is 0.363 e. The number of hydrogen-bond acceptors (Lipinski definition) is 6. The molecule has 1 aliphatic rings. The Bertz CT molecular complexity index is 333. The van der Waals surface area contributed by atoms with Gasteiger partial charge < -0.3 is 19.7 Å². The molecule has 0 aromatic heterocycles. The van der Waals surface area contributed by atoms with Crippen molar-refractivity contribution >= 4 is 11.9 Å². The number of esters is 2. The van der Waals surface area contributed by atoms with Crippen molar-refractivity contribution in [1.82, 2.24) is 0 Å². The topological polar surface area (TPSA) is 93.1 Å². The average molecular weight is 258 g/mol. The number of rotatable bonds is 5. The Labute approximate surface area is 105 Å². The van der Waals surface area contributed by atoms with Crippen molar-refractivity contribution in [2.24, 2.45) is 0 Å². The molecule has 0 aromatic carbocycles.